The average Bonchev–Trinajstić information content (AvgIpc) is 2.55. The van der Waals surface area contributed by atoms with E-state index in [0.29, 0.717) is 11.7 Å². The molecule has 11 heavy (non-hydrogen) atoms. The molecule has 1 saturated heterocycles. The fraction of sp³-hybridized carbons (Fsp3) is 0.714. The lowest BCUT2D eigenvalue weighted by Gasteiger charge is -2.00. The largest absolute Gasteiger partial charge is 0.368 e. The van der Waals surface area contributed by atoms with Crippen molar-refractivity contribution >= 4 is 0 Å². The van der Waals surface area contributed by atoms with E-state index in [2.05, 4.69) is 10.1 Å². The Hall–Kier alpha value is -0.900. The standard InChI is InChI=1S/C7H10N2O2/c1-5-8-7(11-9-5)6-3-2-4-10-6/h6H,2-4H2,1H3. The van der Waals surface area contributed by atoms with Gasteiger partial charge in [0.25, 0.3) is 5.89 Å². The van der Waals surface area contributed by atoms with Crippen molar-refractivity contribution in [3.63, 3.8) is 0 Å². The second-order valence-electron chi connectivity index (χ2n) is 2.68. The van der Waals surface area contributed by atoms with Crippen molar-refractivity contribution in [2.75, 3.05) is 6.61 Å². The van der Waals surface area contributed by atoms with E-state index in [4.69, 9.17) is 9.26 Å². The first kappa shape index (κ1) is 6.79. The van der Waals surface area contributed by atoms with Gasteiger partial charge in [0, 0.05) is 6.61 Å². The van der Waals surface area contributed by atoms with Gasteiger partial charge in [-0.25, -0.2) is 0 Å². The Morgan fingerprint density at radius 3 is 3.00 bits per heavy atom. The van der Waals surface area contributed by atoms with Crippen LogP contribution in [0.1, 0.15) is 30.7 Å². The van der Waals surface area contributed by atoms with Gasteiger partial charge in [0.1, 0.15) is 6.10 Å². The summed E-state index contributed by atoms with van der Waals surface area (Å²) < 4.78 is 10.3. The molecule has 0 bridgehead atoms. The van der Waals surface area contributed by atoms with E-state index in [1.54, 1.807) is 0 Å². The Balaban J connectivity index is 2.15. The maximum absolute atomic E-state index is 5.36. The van der Waals surface area contributed by atoms with E-state index in [1.807, 2.05) is 6.92 Å². The molecule has 0 aromatic carbocycles. The van der Waals surface area contributed by atoms with Crippen molar-refractivity contribution in [1.29, 1.82) is 0 Å². The molecule has 1 atom stereocenters. The Morgan fingerprint density at radius 2 is 2.45 bits per heavy atom. The monoisotopic (exact) mass is 154 g/mol. The molecule has 1 aromatic rings. The lowest BCUT2D eigenvalue weighted by atomic mass is 10.2. The summed E-state index contributed by atoms with van der Waals surface area (Å²) in [5, 5.41) is 3.70. The van der Waals surface area contributed by atoms with Crippen LogP contribution in [-0.2, 0) is 4.74 Å². The molecular formula is C7H10N2O2. The minimum Gasteiger partial charge on any atom is -0.368 e. The van der Waals surface area contributed by atoms with Crippen molar-refractivity contribution in [3.8, 4) is 0 Å². The van der Waals surface area contributed by atoms with Gasteiger partial charge in [0.15, 0.2) is 5.82 Å². The van der Waals surface area contributed by atoms with Gasteiger partial charge in [0.2, 0.25) is 0 Å². The summed E-state index contributed by atoms with van der Waals surface area (Å²) >= 11 is 0. The van der Waals surface area contributed by atoms with Crippen LogP contribution in [0, 0.1) is 6.92 Å². The zero-order chi connectivity index (χ0) is 7.68. The molecule has 1 unspecified atom stereocenters. The molecule has 0 N–H and O–H groups in total. The molecule has 0 amide bonds. The molecular weight excluding hydrogens is 144 g/mol. The minimum atomic E-state index is 0.0520. The summed E-state index contributed by atoms with van der Waals surface area (Å²) in [5.74, 6) is 1.30. The Morgan fingerprint density at radius 1 is 1.55 bits per heavy atom. The Kier molecular flexibility index (Phi) is 1.62. The van der Waals surface area contributed by atoms with Crippen molar-refractivity contribution in [2.45, 2.75) is 25.9 Å². The molecule has 0 aliphatic carbocycles. The quantitative estimate of drug-likeness (QED) is 0.610. The normalized spacial score (nSPS) is 24.3. The van der Waals surface area contributed by atoms with Gasteiger partial charge >= 0.3 is 0 Å². The average molecular weight is 154 g/mol. The summed E-state index contributed by atoms with van der Waals surface area (Å²) in [6, 6.07) is 0. The van der Waals surface area contributed by atoms with Crippen molar-refractivity contribution in [3.05, 3.63) is 11.7 Å². The third kappa shape index (κ3) is 1.26. The highest BCUT2D eigenvalue weighted by Crippen LogP contribution is 2.26. The van der Waals surface area contributed by atoms with Crippen molar-refractivity contribution < 1.29 is 9.26 Å². The van der Waals surface area contributed by atoms with Crippen LogP contribution in [-0.4, -0.2) is 16.7 Å². The Labute approximate surface area is 64.5 Å². The summed E-state index contributed by atoms with van der Waals surface area (Å²) in [5.41, 5.74) is 0. The molecule has 2 rings (SSSR count). The fourth-order valence-corrected chi connectivity index (χ4v) is 1.22. The molecule has 4 nitrogen and oxygen atoms in total. The highest BCUT2D eigenvalue weighted by Gasteiger charge is 2.22. The van der Waals surface area contributed by atoms with Crippen LogP contribution in [0.3, 0.4) is 0 Å². The van der Waals surface area contributed by atoms with Gasteiger partial charge in [-0.3, -0.25) is 0 Å². The molecule has 1 aromatic heterocycles. The maximum atomic E-state index is 5.36. The van der Waals surface area contributed by atoms with Crippen LogP contribution in [0.2, 0.25) is 0 Å². The number of hydrogen-bond donors (Lipinski definition) is 0. The number of aryl methyl sites for hydroxylation is 1. The van der Waals surface area contributed by atoms with Crippen LogP contribution in [0.5, 0.6) is 0 Å². The minimum absolute atomic E-state index is 0.0520. The first-order valence-corrected chi connectivity index (χ1v) is 3.78. The fourth-order valence-electron chi connectivity index (χ4n) is 1.22. The van der Waals surface area contributed by atoms with Crippen LogP contribution in [0.4, 0.5) is 0 Å². The molecule has 0 saturated carbocycles. The Bertz CT molecular complexity index is 240. The molecule has 0 spiro atoms. The smallest absolute Gasteiger partial charge is 0.255 e. The van der Waals surface area contributed by atoms with Gasteiger partial charge in [-0.1, -0.05) is 5.16 Å². The highest BCUT2D eigenvalue weighted by molar-refractivity contribution is 4.89. The predicted octanol–water partition coefficient (Wildman–Crippen LogP) is 1.23. The van der Waals surface area contributed by atoms with Crippen LogP contribution >= 0.6 is 0 Å². The van der Waals surface area contributed by atoms with Gasteiger partial charge < -0.3 is 9.26 Å². The number of nitrogens with zero attached hydrogens (tertiary/aromatic N) is 2. The molecule has 60 valence electrons. The number of rotatable bonds is 1. The first-order chi connectivity index (χ1) is 5.36. The zero-order valence-corrected chi connectivity index (χ0v) is 6.41. The van der Waals surface area contributed by atoms with E-state index in [1.165, 1.54) is 0 Å². The molecule has 1 fully saturated rings. The van der Waals surface area contributed by atoms with Crippen LogP contribution in [0.15, 0.2) is 4.52 Å². The SMILES string of the molecule is Cc1noc(C2CCCO2)n1. The third-order valence-corrected chi connectivity index (χ3v) is 1.75. The number of aromatic nitrogens is 2. The molecule has 1 aliphatic rings. The summed E-state index contributed by atoms with van der Waals surface area (Å²) in [4.78, 5) is 4.09. The topological polar surface area (TPSA) is 48.2 Å². The van der Waals surface area contributed by atoms with Gasteiger partial charge in [0.05, 0.1) is 0 Å². The van der Waals surface area contributed by atoms with E-state index in [0.717, 1.165) is 19.4 Å². The molecule has 4 heteroatoms. The summed E-state index contributed by atoms with van der Waals surface area (Å²) in [6.45, 7) is 2.62. The van der Waals surface area contributed by atoms with E-state index in [9.17, 15) is 0 Å². The van der Waals surface area contributed by atoms with Crippen molar-refractivity contribution in [2.24, 2.45) is 0 Å². The van der Waals surface area contributed by atoms with Gasteiger partial charge in [-0.05, 0) is 19.8 Å². The molecule has 2 heterocycles. The summed E-state index contributed by atoms with van der Waals surface area (Å²) in [6.07, 6.45) is 2.14. The second kappa shape index (κ2) is 2.62. The maximum Gasteiger partial charge on any atom is 0.255 e. The van der Waals surface area contributed by atoms with E-state index < -0.39 is 0 Å². The zero-order valence-electron chi connectivity index (χ0n) is 6.41. The molecule has 0 radical (unpaired) electrons. The second-order valence-corrected chi connectivity index (χ2v) is 2.68. The van der Waals surface area contributed by atoms with Gasteiger partial charge in [-0.15, -0.1) is 0 Å². The predicted molar refractivity (Wildman–Crippen MR) is 37.0 cm³/mol. The molecule has 1 aliphatic heterocycles. The van der Waals surface area contributed by atoms with Gasteiger partial charge in [-0.2, -0.15) is 4.98 Å². The van der Waals surface area contributed by atoms with E-state index >= 15 is 0 Å². The lowest BCUT2D eigenvalue weighted by molar-refractivity contribution is 0.0835. The lowest BCUT2D eigenvalue weighted by Crippen LogP contribution is -1.95. The number of ether oxygens (including phenoxy) is 1. The van der Waals surface area contributed by atoms with Crippen molar-refractivity contribution in [1.82, 2.24) is 10.1 Å². The van der Waals surface area contributed by atoms with Crippen LogP contribution < -0.4 is 0 Å². The summed E-state index contributed by atoms with van der Waals surface area (Å²) in [7, 11) is 0. The number of hydrogen-bond acceptors (Lipinski definition) is 4. The van der Waals surface area contributed by atoms with Crippen LogP contribution in [0.25, 0.3) is 0 Å². The first-order valence-electron chi connectivity index (χ1n) is 3.78. The highest BCUT2D eigenvalue weighted by atomic mass is 16.5. The third-order valence-electron chi connectivity index (χ3n) is 1.75. The van der Waals surface area contributed by atoms with E-state index in [-0.39, 0.29) is 6.10 Å².